The van der Waals surface area contributed by atoms with E-state index < -0.39 is 0 Å². The van der Waals surface area contributed by atoms with Crippen molar-refractivity contribution in [3.05, 3.63) is 36.5 Å². The highest BCUT2D eigenvalue weighted by Crippen LogP contribution is 1.88. The normalized spacial score (nSPS) is 8.20. The van der Waals surface area contributed by atoms with E-state index in [-0.39, 0.29) is 5.76 Å². The van der Waals surface area contributed by atoms with Gasteiger partial charge in [0.25, 0.3) is 0 Å². The van der Waals surface area contributed by atoms with Crippen molar-refractivity contribution in [2.24, 2.45) is 0 Å². The van der Waals surface area contributed by atoms with Crippen molar-refractivity contribution in [3.63, 3.8) is 0 Å². The Balaban J connectivity index is 0. The second-order valence-electron chi connectivity index (χ2n) is 1.40. The van der Waals surface area contributed by atoms with Crippen LogP contribution in [0.3, 0.4) is 0 Å². The number of aliphatic hydroxyl groups is 1. The van der Waals surface area contributed by atoms with Gasteiger partial charge < -0.3 is 5.11 Å². The van der Waals surface area contributed by atoms with Crippen LogP contribution in [0.4, 0.5) is 0 Å². The average molecular weight is 136 g/mol. The van der Waals surface area contributed by atoms with E-state index in [4.69, 9.17) is 13.0 Å². The van der Waals surface area contributed by atoms with Crippen LogP contribution >= 0.6 is 0 Å². The van der Waals surface area contributed by atoms with Crippen LogP contribution in [0.1, 0.15) is 13.8 Å². The summed E-state index contributed by atoms with van der Waals surface area (Å²) in [6.45, 7) is 10.6. The summed E-state index contributed by atoms with van der Waals surface area (Å²) in [5.74, 6) is -0.0170. The Morgan fingerprint density at radius 3 is 1.80 bits per heavy atom. The fourth-order valence-electron chi connectivity index (χ4n) is 0.203. The molecule has 0 saturated carbocycles. The first-order valence-electron chi connectivity index (χ1n) is 3.13. The lowest BCUT2D eigenvalue weighted by Crippen LogP contribution is -1.71. The maximum absolute atomic E-state index is 8.42. The Morgan fingerprint density at radius 1 is 1.30 bits per heavy atom. The lowest BCUT2D eigenvalue weighted by molar-refractivity contribution is 0.435. The molecule has 0 aliphatic heterocycles. The summed E-state index contributed by atoms with van der Waals surface area (Å²) in [6, 6.07) is 0. The van der Waals surface area contributed by atoms with Gasteiger partial charge in [-0.05, 0) is 6.08 Å². The number of aliphatic hydroxyl groups excluding tert-OH is 1. The van der Waals surface area contributed by atoms with E-state index in [1.54, 1.807) is 0 Å². The van der Waals surface area contributed by atoms with Crippen molar-refractivity contribution in [3.8, 4) is 0 Å². The molecule has 0 aromatic rings. The molecule has 0 fully saturated rings. The smallest absolute Gasteiger partial charge is 0.112 e. The first kappa shape index (κ1) is 11.8. The number of allylic oxidation sites excluding steroid dienone is 3. The molecule has 0 spiro atoms. The monoisotopic (exact) mass is 136 g/mol. The van der Waals surface area contributed by atoms with Gasteiger partial charge in [-0.15, -0.1) is 12.1 Å². The minimum atomic E-state index is -0.0170. The zero-order valence-electron chi connectivity index (χ0n) is 6.59. The molecule has 0 aliphatic carbocycles. The molecule has 0 aromatic heterocycles. The molecule has 2 heteroatoms. The highest BCUT2D eigenvalue weighted by Gasteiger charge is 1.74. The third kappa shape index (κ3) is 15.7. The van der Waals surface area contributed by atoms with Gasteiger partial charge in [0.2, 0.25) is 0 Å². The molecule has 0 saturated heterocycles. The Hall–Kier alpha value is -0.915. The first-order chi connectivity index (χ1) is 4.63. The Bertz CT molecular complexity index is 120. The maximum Gasteiger partial charge on any atom is 0.112 e. The van der Waals surface area contributed by atoms with Gasteiger partial charge in [0.1, 0.15) is 13.6 Å². The topological polar surface area (TPSA) is 20.2 Å². The summed E-state index contributed by atoms with van der Waals surface area (Å²) in [5.41, 5.74) is 0.403. The van der Waals surface area contributed by atoms with E-state index in [9.17, 15) is 0 Å². The molecule has 0 aliphatic rings. The van der Waals surface area contributed by atoms with Gasteiger partial charge in [0, 0.05) is 0 Å². The highest BCUT2D eigenvalue weighted by molar-refractivity contribution is 6.23. The van der Waals surface area contributed by atoms with E-state index >= 15 is 0 Å². The van der Waals surface area contributed by atoms with E-state index in [0.29, 0.717) is 5.47 Å². The molecule has 0 heterocycles. The first-order valence-corrected chi connectivity index (χ1v) is 3.13. The summed E-state index contributed by atoms with van der Waals surface area (Å²) in [6.07, 6.45) is 2.85. The standard InChI is InChI=1S/C6H7BO.C2H6/c1-5(7)3-4-6(2)8;1-2/h3-4,8H,1-2H2;1-2H3/b4-3-;. The van der Waals surface area contributed by atoms with Crippen molar-refractivity contribution in [2.75, 3.05) is 0 Å². The third-order valence-electron chi connectivity index (χ3n) is 0.490. The third-order valence-corrected chi connectivity index (χ3v) is 0.490. The van der Waals surface area contributed by atoms with Crippen molar-refractivity contribution < 1.29 is 5.11 Å². The molecule has 54 valence electrons. The van der Waals surface area contributed by atoms with Crippen LogP contribution in [0.2, 0.25) is 0 Å². The molecule has 0 amide bonds. The van der Waals surface area contributed by atoms with Crippen molar-refractivity contribution in [1.82, 2.24) is 0 Å². The van der Waals surface area contributed by atoms with Crippen molar-refractivity contribution >= 4 is 7.85 Å². The van der Waals surface area contributed by atoms with E-state index in [1.165, 1.54) is 12.2 Å². The van der Waals surface area contributed by atoms with Gasteiger partial charge in [-0.2, -0.15) is 0 Å². The number of rotatable bonds is 2. The second-order valence-corrected chi connectivity index (χ2v) is 1.40. The summed E-state index contributed by atoms with van der Waals surface area (Å²) in [4.78, 5) is 0. The molecule has 1 nitrogen and oxygen atoms in total. The summed E-state index contributed by atoms with van der Waals surface area (Å²) in [5, 5.41) is 8.42. The molecule has 2 radical (unpaired) electrons. The predicted octanol–water partition coefficient (Wildman–Crippen LogP) is 2.32. The lowest BCUT2D eigenvalue weighted by Gasteiger charge is -1.84. The molecule has 0 rings (SSSR count). The minimum Gasteiger partial charge on any atom is -0.509 e. The minimum absolute atomic E-state index is 0.0170. The fourth-order valence-corrected chi connectivity index (χ4v) is 0.203. The maximum atomic E-state index is 8.42. The zero-order valence-corrected chi connectivity index (χ0v) is 6.59. The van der Waals surface area contributed by atoms with Crippen LogP contribution in [0.5, 0.6) is 0 Å². The molecule has 0 aromatic carbocycles. The lowest BCUT2D eigenvalue weighted by atomic mass is 9.98. The van der Waals surface area contributed by atoms with E-state index in [0.717, 1.165) is 0 Å². The quantitative estimate of drug-likeness (QED) is 0.351. The molecule has 0 unspecified atom stereocenters. The molecule has 1 N–H and O–H groups in total. The van der Waals surface area contributed by atoms with Gasteiger partial charge >= 0.3 is 0 Å². The summed E-state index contributed by atoms with van der Waals surface area (Å²) >= 11 is 0. The molecule has 10 heavy (non-hydrogen) atoms. The molecular weight excluding hydrogens is 123 g/mol. The van der Waals surface area contributed by atoms with Crippen molar-refractivity contribution in [1.29, 1.82) is 0 Å². The fraction of sp³-hybridized carbons (Fsp3) is 0.250. The van der Waals surface area contributed by atoms with Crippen LogP contribution in [-0.4, -0.2) is 13.0 Å². The van der Waals surface area contributed by atoms with Crippen LogP contribution in [-0.2, 0) is 0 Å². The average Bonchev–Trinajstić information content (AvgIpc) is 1.89. The van der Waals surface area contributed by atoms with Gasteiger partial charge in [0.15, 0.2) is 0 Å². The summed E-state index contributed by atoms with van der Waals surface area (Å²) < 4.78 is 0. The van der Waals surface area contributed by atoms with E-state index in [1.807, 2.05) is 13.8 Å². The number of hydrogen-bond acceptors (Lipinski definition) is 1. The predicted molar refractivity (Wildman–Crippen MR) is 47.2 cm³/mol. The van der Waals surface area contributed by atoms with Crippen LogP contribution < -0.4 is 0 Å². The van der Waals surface area contributed by atoms with Gasteiger partial charge in [-0.1, -0.05) is 26.5 Å². The Morgan fingerprint density at radius 2 is 1.70 bits per heavy atom. The highest BCUT2D eigenvalue weighted by atomic mass is 16.3. The summed E-state index contributed by atoms with van der Waals surface area (Å²) in [7, 11) is 5.11. The largest absolute Gasteiger partial charge is 0.509 e. The SMILES string of the molecule is CC.[B]C(=C)/C=C\C(=C)O. The second kappa shape index (κ2) is 8.08. The van der Waals surface area contributed by atoms with Crippen LogP contribution in [0.25, 0.3) is 0 Å². The molecule has 0 atom stereocenters. The van der Waals surface area contributed by atoms with Crippen LogP contribution in [0.15, 0.2) is 36.5 Å². The van der Waals surface area contributed by atoms with Gasteiger partial charge in [-0.25, -0.2) is 0 Å². The Labute approximate surface area is 64.2 Å². The Kier molecular flexibility index (Phi) is 9.56. The van der Waals surface area contributed by atoms with Crippen molar-refractivity contribution in [2.45, 2.75) is 13.8 Å². The van der Waals surface area contributed by atoms with Gasteiger partial charge in [-0.3, -0.25) is 0 Å². The zero-order chi connectivity index (χ0) is 8.57. The number of hydrogen-bond donors (Lipinski definition) is 1. The van der Waals surface area contributed by atoms with E-state index in [2.05, 4.69) is 13.2 Å². The molecule has 0 bridgehead atoms. The van der Waals surface area contributed by atoms with Crippen LogP contribution in [0, 0.1) is 0 Å². The van der Waals surface area contributed by atoms with Gasteiger partial charge in [0.05, 0.1) is 0 Å². The molecular formula is C8H13BO.